The van der Waals surface area contributed by atoms with E-state index in [0.717, 1.165) is 29.5 Å². The summed E-state index contributed by atoms with van der Waals surface area (Å²) in [7, 11) is -2.92. The monoisotopic (exact) mass is 496 g/mol. The van der Waals surface area contributed by atoms with Crippen molar-refractivity contribution in [2.45, 2.75) is 43.9 Å². The Morgan fingerprint density at radius 3 is 2.31 bits per heavy atom. The molecular formula is C26H29N2O6P. The van der Waals surface area contributed by atoms with E-state index >= 15 is 0 Å². The van der Waals surface area contributed by atoms with Gasteiger partial charge in [-0.2, -0.15) is 0 Å². The molecule has 9 heteroatoms. The van der Waals surface area contributed by atoms with Crippen LogP contribution in [0.25, 0.3) is 11.1 Å². The van der Waals surface area contributed by atoms with Gasteiger partial charge in [-0.3, -0.25) is 4.52 Å². The van der Waals surface area contributed by atoms with Crippen LogP contribution in [0, 0.1) is 11.8 Å². The lowest BCUT2D eigenvalue weighted by atomic mass is 9.77. The Morgan fingerprint density at radius 1 is 1.11 bits per heavy atom. The third kappa shape index (κ3) is 6.47. The van der Waals surface area contributed by atoms with Crippen molar-refractivity contribution in [1.82, 2.24) is 9.55 Å². The van der Waals surface area contributed by atoms with Gasteiger partial charge in [0.05, 0.1) is 12.7 Å². The van der Waals surface area contributed by atoms with E-state index in [1.54, 1.807) is 24.8 Å². The lowest BCUT2D eigenvalue weighted by Gasteiger charge is -2.34. The van der Waals surface area contributed by atoms with Gasteiger partial charge in [0.1, 0.15) is 18.0 Å². The van der Waals surface area contributed by atoms with Gasteiger partial charge in [0.25, 0.3) is 0 Å². The van der Waals surface area contributed by atoms with Crippen molar-refractivity contribution in [1.29, 1.82) is 0 Å². The molecule has 0 aliphatic heterocycles. The van der Waals surface area contributed by atoms with Gasteiger partial charge in [-0.1, -0.05) is 48.2 Å². The second-order valence-corrected chi connectivity index (χ2v) is 9.90. The lowest BCUT2D eigenvalue weighted by Crippen LogP contribution is -2.28. The lowest BCUT2D eigenvalue weighted by molar-refractivity contribution is 0.0258. The molecule has 0 spiro atoms. The van der Waals surface area contributed by atoms with Crippen molar-refractivity contribution in [3.8, 4) is 23.0 Å². The molecular weight excluding hydrogens is 467 g/mol. The molecule has 1 aromatic heterocycles. The molecule has 0 radical (unpaired) electrons. The van der Waals surface area contributed by atoms with Crippen LogP contribution in [0.2, 0.25) is 0 Å². The average Bonchev–Trinajstić information content (AvgIpc) is 3.29. The summed E-state index contributed by atoms with van der Waals surface area (Å²) in [6, 6.07) is 15.6. The molecule has 4 rings (SSSR count). The number of phosphoric acid groups is 1. The minimum Gasteiger partial charge on any atom is -0.385 e. The van der Waals surface area contributed by atoms with Gasteiger partial charge in [-0.25, -0.2) is 9.55 Å². The number of methoxy groups -OCH3 is 1. The van der Waals surface area contributed by atoms with Gasteiger partial charge in [0.15, 0.2) is 0 Å². The van der Waals surface area contributed by atoms with Crippen molar-refractivity contribution in [3.05, 3.63) is 77.9 Å². The molecule has 1 heterocycles. The number of benzene rings is 2. The number of nitrogens with zero attached hydrogens (tertiary/aromatic N) is 2. The summed E-state index contributed by atoms with van der Waals surface area (Å²) in [6.45, 7) is 1.20. The smallest absolute Gasteiger partial charge is 0.385 e. The third-order valence-corrected chi connectivity index (χ3v) is 6.71. The zero-order valence-electron chi connectivity index (χ0n) is 19.6. The number of aromatic nitrogens is 2. The fourth-order valence-corrected chi connectivity index (χ4v) is 4.50. The van der Waals surface area contributed by atoms with E-state index in [2.05, 4.69) is 41.1 Å². The van der Waals surface area contributed by atoms with E-state index in [1.807, 2.05) is 24.3 Å². The maximum atomic E-state index is 11.2. The molecule has 0 unspecified atom stereocenters. The molecule has 1 fully saturated rings. The molecule has 3 aromatic rings. The quantitative estimate of drug-likeness (QED) is 0.316. The van der Waals surface area contributed by atoms with E-state index in [0.29, 0.717) is 17.8 Å². The number of aliphatic hydroxyl groups excluding tert-OH is 1. The Bertz CT molecular complexity index is 1230. The average molecular weight is 497 g/mol. The summed E-state index contributed by atoms with van der Waals surface area (Å²) in [5.41, 5.74) is 4.26. The van der Waals surface area contributed by atoms with Gasteiger partial charge in [-0.15, -0.1) is 0 Å². The summed E-state index contributed by atoms with van der Waals surface area (Å²) in [6.07, 6.45) is 4.73. The molecule has 35 heavy (non-hydrogen) atoms. The SMILES string of the molecule is COC1CC(c2ccc(-c3ccc(C#C[C@@H](COP(=O)(O)O)n4ccnc4[C@H](C)O)cc3)cc2)C1. The summed E-state index contributed by atoms with van der Waals surface area (Å²) < 4.78 is 22.8. The fraction of sp³-hybridized carbons (Fsp3) is 0.346. The Labute approximate surface area is 204 Å². The number of aliphatic hydroxyl groups is 1. The molecule has 2 atom stereocenters. The van der Waals surface area contributed by atoms with Crippen molar-refractivity contribution in [3.63, 3.8) is 0 Å². The van der Waals surface area contributed by atoms with E-state index in [1.165, 1.54) is 11.8 Å². The van der Waals surface area contributed by atoms with Crippen molar-refractivity contribution >= 4 is 7.82 Å². The van der Waals surface area contributed by atoms with E-state index in [4.69, 9.17) is 19.0 Å². The zero-order valence-corrected chi connectivity index (χ0v) is 20.5. The highest BCUT2D eigenvalue weighted by molar-refractivity contribution is 7.46. The molecule has 184 valence electrons. The van der Waals surface area contributed by atoms with Gasteiger partial charge in [0, 0.05) is 25.1 Å². The first kappa shape index (κ1) is 25.3. The molecule has 1 aliphatic carbocycles. The second kappa shape index (κ2) is 10.9. The highest BCUT2D eigenvalue weighted by atomic mass is 31.2. The molecule has 0 saturated heterocycles. The molecule has 8 nitrogen and oxygen atoms in total. The topological polar surface area (TPSA) is 114 Å². The predicted molar refractivity (Wildman–Crippen MR) is 131 cm³/mol. The first-order valence-corrected chi connectivity index (χ1v) is 12.9. The van der Waals surface area contributed by atoms with E-state index in [-0.39, 0.29) is 6.61 Å². The Hall–Kier alpha value is -2.76. The second-order valence-electron chi connectivity index (χ2n) is 8.67. The molecule has 0 bridgehead atoms. The highest BCUT2D eigenvalue weighted by Crippen LogP contribution is 2.39. The van der Waals surface area contributed by atoms with Crippen LogP contribution in [0.5, 0.6) is 0 Å². The van der Waals surface area contributed by atoms with Gasteiger partial charge in [-0.05, 0) is 54.5 Å². The number of imidazole rings is 1. The number of ether oxygens (including phenoxy) is 1. The largest absolute Gasteiger partial charge is 0.469 e. The van der Waals surface area contributed by atoms with Crippen LogP contribution in [0.4, 0.5) is 0 Å². The first-order valence-electron chi connectivity index (χ1n) is 11.4. The van der Waals surface area contributed by atoms with Crippen molar-refractivity contribution < 1.29 is 28.7 Å². The van der Waals surface area contributed by atoms with Crippen molar-refractivity contribution in [2.75, 3.05) is 13.7 Å². The third-order valence-electron chi connectivity index (χ3n) is 6.22. The predicted octanol–water partition coefficient (Wildman–Crippen LogP) is 4.20. The maximum absolute atomic E-state index is 11.2. The fourth-order valence-electron chi connectivity index (χ4n) is 4.16. The van der Waals surface area contributed by atoms with Crippen LogP contribution >= 0.6 is 7.82 Å². The highest BCUT2D eigenvalue weighted by Gasteiger charge is 2.30. The van der Waals surface area contributed by atoms with E-state index < -0.39 is 20.0 Å². The maximum Gasteiger partial charge on any atom is 0.469 e. The number of hydrogen-bond acceptors (Lipinski definition) is 5. The molecule has 1 saturated carbocycles. The molecule has 2 aromatic carbocycles. The number of hydrogen-bond donors (Lipinski definition) is 3. The van der Waals surface area contributed by atoms with Gasteiger partial charge < -0.3 is 24.2 Å². The first-order chi connectivity index (χ1) is 16.7. The minimum atomic E-state index is -4.68. The number of phosphoric ester groups is 1. The van der Waals surface area contributed by atoms with Gasteiger partial charge in [0.2, 0.25) is 0 Å². The zero-order chi connectivity index (χ0) is 25.0. The van der Waals surface area contributed by atoms with Crippen LogP contribution in [0.3, 0.4) is 0 Å². The summed E-state index contributed by atoms with van der Waals surface area (Å²) >= 11 is 0. The standard InChI is InChI=1S/C26H29N2O6P/c1-18(29)26-27-13-14-28(26)24(17-34-35(30,31)32)12-5-19-3-6-20(7-4-19)21-8-10-22(11-9-21)23-15-25(16-23)33-2/h3-4,6-11,13-14,18,23-25,29H,15-17H2,1-2H3,(H2,30,31,32)/t18-,23?,24-,25?/m0/s1. The molecule has 3 N–H and O–H groups in total. The minimum absolute atomic E-state index is 0.331. The molecule has 0 amide bonds. The Morgan fingerprint density at radius 2 is 1.74 bits per heavy atom. The Kier molecular flexibility index (Phi) is 7.88. The van der Waals surface area contributed by atoms with E-state index in [9.17, 15) is 9.67 Å². The normalized spacial score (nSPS) is 19.3. The van der Waals surface area contributed by atoms with Crippen molar-refractivity contribution in [2.24, 2.45) is 0 Å². The van der Waals surface area contributed by atoms with Gasteiger partial charge >= 0.3 is 7.82 Å². The van der Waals surface area contributed by atoms with Crippen LogP contribution in [0.15, 0.2) is 60.9 Å². The molecule has 1 aliphatic rings. The van der Waals surface area contributed by atoms with Crippen LogP contribution in [-0.4, -0.2) is 44.3 Å². The summed E-state index contributed by atoms with van der Waals surface area (Å²) in [4.78, 5) is 22.3. The van der Waals surface area contributed by atoms with Crippen LogP contribution in [-0.2, 0) is 13.8 Å². The van der Waals surface area contributed by atoms with Crippen LogP contribution < -0.4 is 0 Å². The summed E-state index contributed by atoms with van der Waals surface area (Å²) in [5, 5.41) is 9.95. The Balaban J connectivity index is 1.48. The summed E-state index contributed by atoms with van der Waals surface area (Å²) in [5.74, 6) is 6.93. The number of rotatable bonds is 8. The van der Waals surface area contributed by atoms with Crippen LogP contribution in [0.1, 0.15) is 54.8 Å².